The van der Waals surface area contributed by atoms with Crippen LogP contribution in [0.3, 0.4) is 0 Å². The predicted octanol–water partition coefficient (Wildman–Crippen LogP) is 4.41. The number of aliphatic hydroxyl groups excluding tert-OH is 1. The maximum absolute atomic E-state index is 12.7. The van der Waals surface area contributed by atoms with Crippen LogP contribution in [0.2, 0.25) is 0 Å². The van der Waals surface area contributed by atoms with Gasteiger partial charge in [-0.3, -0.25) is 0 Å². The third-order valence-corrected chi connectivity index (χ3v) is 3.74. The molecule has 2 aromatic carbocycles. The summed E-state index contributed by atoms with van der Waals surface area (Å²) in [5, 5.41) is 11.0. The highest BCUT2D eigenvalue weighted by atomic mass is 19.4. The van der Waals surface area contributed by atoms with E-state index in [1.165, 1.54) is 12.1 Å². The molecule has 21 heavy (non-hydrogen) atoms. The third kappa shape index (κ3) is 2.17. The monoisotopic (exact) mass is 293 g/mol. The zero-order chi connectivity index (χ0) is 15.2. The van der Waals surface area contributed by atoms with Crippen LogP contribution < -0.4 is 0 Å². The van der Waals surface area contributed by atoms with Gasteiger partial charge in [0.2, 0.25) is 0 Å². The molecule has 0 spiro atoms. The van der Waals surface area contributed by atoms with Crippen molar-refractivity contribution in [3.63, 3.8) is 0 Å². The van der Waals surface area contributed by atoms with Crippen molar-refractivity contribution >= 4 is 21.8 Å². The first-order valence-corrected chi connectivity index (χ1v) is 6.69. The molecule has 0 saturated carbocycles. The molecule has 0 fully saturated rings. The first-order chi connectivity index (χ1) is 9.93. The van der Waals surface area contributed by atoms with Gasteiger partial charge in [0.25, 0.3) is 0 Å². The number of fused-ring (bicyclic) bond motifs is 3. The number of halogens is 3. The number of alkyl halides is 3. The predicted molar refractivity (Wildman–Crippen MR) is 76.1 cm³/mol. The van der Waals surface area contributed by atoms with E-state index in [-0.39, 0.29) is 5.56 Å². The number of aliphatic hydroxyl groups is 1. The molecule has 0 radical (unpaired) electrons. The van der Waals surface area contributed by atoms with Crippen LogP contribution in [-0.4, -0.2) is 15.8 Å². The molecule has 3 rings (SSSR count). The van der Waals surface area contributed by atoms with Gasteiger partial charge in [0, 0.05) is 28.4 Å². The van der Waals surface area contributed by atoms with Gasteiger partial charge in [-0.2, -0.15) is 13.2 Å². The summed E-state index contributed by atoms with van der Waals surface area (Å²) in [6.07, 6.45) is -7.11. The smallest absolute Gasteiger partial charge is 0.379 e. The van der Waals surface area contributed by atoms with Gasteiger partial charge in [0.1, 0.15) is 0 Å². The van der Waals surface area contributed by atoms with Gasteiger partial charge >= 0.3 is 6.18 Å². The molecule has 110 valence electrons. The molecule has 0 aliphatic carbocycles. The number of benzene rings is 2. The maximum atomic E-state index is 12.7. The van der Waals surface area contributed by atoms with Gasteiger partial charge in [-0.25, -0.2) is 0 Å². The van der Waals surface area contributed by atoms with Gasteiger partial charge in [-0.1, -0.05) is 24.3 Å². The number of aryl methyl sites for hydroxylation is 1. The Bertz CT molecular complexity index is 804. The highest BCUT2D eigenvalue weighted by Crippen LogP contribution is 2.36. The molecule has 1 N–H and O–H groups in total. The summed E-state index contributed by atoms with van der Waals surface area (Å²) in [5.74, 6) is 0. The van der Waals surface area contributed by atoms with Crippen molar-refractivity contribution in [1.82, 2.24) is 4.57 Å². The summed E-state index contributed by atoms with van der Waals surface area (Å²) in [6, 6.07) is 12.0. The standard InChI is InChI=1S/C16H14F3NO/c1-2-20-13-6-4-3-5-11(13)12-9-10(7-8-14(12)20)15(21)16(17,18)19/h3-9,15,21H,2H2,1H3. The second-order valence-electron chi connectivity index (χ2n) is 4.98. The summed E-state index contributed by atoms with van der Waals surface area (Å²) < 4.78 is 40.0. The molecule has 1 unspecified atom stereocenters. The Morgan fingerprint density at radius 2 is 1.71 bits per heavy atom. The molecule has 3 aromatic rings. The quantitative estimate of drug-likeness (QED) is 0.744. The highest BCUT2D eigenvalue weighted by molar-refractivity contribution is 6.08. The second-order valence-corrected chi connectivity index (χ2v) is 4.98. The molecule has 0 saturated heterocycles. The first kappa shape index (κ1) is 13.9. The lowest BCUT2D eigenvalue weighted by Gasteiger charge is -2.15. The maximum Gasteiger partial charge on any atom is 0.418 e. The molecular formula is C16H14F3NO. The van der Waals surface area contributed by atoms with Crippen LogP contribution in [0.25, 0.3) is 21.8 Å². The van der Waals surface area contributed by atoms with Gasteiger partial charge in [0.05, 0.1) is 0 Å². The van der Waals surface area contributed by atoms with Crippen LogP contribution in [0.4, 0.5) is 13.2 Å². The second kappa shape index (κ2) is 4.77. The summed E-state index contributed by atoms with van der Waals surface area (Å²) in [6.45, 7) is 2.72. The van der Waals surface area contributed by atoms with Crippen molar-refractivity contribution in [3.8, 4) is 0 Å². The van der Waals surface area contributed by atoms with Gasteiger partial charge in [-0.05, 0) is 30.7 Å². The van der Waals surface area contributed by atoms with Crippen LogP contribution in [0.15, 0.2) is 42.5 Å². The van der Waals surface area contributed by atoms with Crippen molar-refractivity contribution in [3.05, 3.63) is 48.0 Å². The van der Waals surface area contributed by atoms with Crippen molar-refractivity contribution < 1.29 is 18.3 Å². The van der Waals surface area contributed by atoms with Crippen LogP contribution in [-0.2, 0) is 6.54 Å². The number of aromatic nitrogens is 1. The van der Waals surface area contributed by atoms with E-state index in [1.807, 2.05) is 31.2 Å². The van der Waals surface area contributed by atoms with E-state index >= 15 is 0 Å². The van der Waals surface area contributed by atoms with E-state index in [1.54, 1.807) is 6.07 Å². The zero-order valence-corrected chi connectivity index (χ0v) is 11.4. The summed E-state index contributed by atoms with van der Waals surface area (Å²) in [7, 11) is 0. The molecular weight excluding hydrogens is 279 g/mol. The molecule has 0 bridgehead atoms. The van der Waals surface area contributed by atoms with Gasteiger partial charge in [0.15, 0.2) is 6.10 Å². The lowest BCUT2D eigenvalue weighted by Crippen LogP contribution is -2.20. The van der Waals surface area contributed by atoms with E-state index in [4.69, 9.17) is 0 Å². The molecule has 5 heteroatoms. The van der Waals surface area contributed by atoms with Gasteiger partial charge in [-0.15, -0.1) is 0 Å². The van der Waals surface area contributed by atoms with E-state index in [0.29, 0.717) is 0 Å². The van der Waals surface area contributed by atoms with Gasteiger partial charge < -0.3 is 9.67 Å². The topological polar surface area (TPSA) is 25.2 Å². The molecule has 1 heterocycles. The number of nitrogens with zero attached hydrogens (tertiary/aromatic N) is 1. The minimum atomic E-state index is -4.66. The Morgan fingerprint density at radius 3 is 2.38 bits per heavy atom. The number of hydrogen-bond donors (Lipinski definition) is 1. The molecule has 0 aliphatic rings. The Labute approximate surface area is 119 Å². The fourth-order valence-electron chi connectivity index (χ4n) is 2.77. The Kier molecular flexibility index (Phi) is 3.17. The summed E-state index contributed by atoms with van der Waals surface area (Å²) in [4.78, 5) is 0. The van der Waals surface area contributed by atoms with Crippen LogP contribution in [0.5, 0.6) is 0 Å². The molecule has 2 nitrogen and oxygen atoms in total. The highest BCUT2D eigenvalue weighted by Gasteiger charge is 2.39. The Hall–Kier alpha value is -2.01. The SMILES string of the molecule is CCn1c2ccccc2c2cc(C(O)C(F)(F)F)ccc21. The minimum absolute atomic E-state index is 0.131. The number of para-hydroxylation sites is 1. The largest absolute Gasteiger partial charge is 0.418 e. The Balaban J connectivity index is 2.29. The Morgan fingerprint density at radius 1 is 1.05 bits per heavy atom. The summed E-state index contributed by atoms with van der Waals surface area (Å²) >= 11 is 0. The lowest BCUT2D eigenvalue weighted by molar-refractivity contribution is -0.206. The third-order valence-electron chi connectivity index (χ3n) is 3.74. The average Bonchev–Trinajstić information content (AvgIpc) is 2.78. The van der Waals surface area contributed by atoms with Crippen LogP contribution >= 0.6 is 0 Å². The minimum Gasteiger partial charge on any atom is -0.379 e. The van der Waals surface area contributed by atoms with Crippen LogP contribution in [0, 0.1) is 0 Å². The van der Waals surface area contributed by atoms with Crippen molar-refractivity contribution in [2.45, 2.75) is 25.7 Å². The van der Waals surface area contributed by atoms with Crippen LogP contribution in [0.1, 0.15) is 18.6 Å². The number of hydrogen-bond acceptors (Lipinski definition) is 1. The van der Waals surface area contributed by atoms with Crippen molar-refractivity contribution in [2.75, 3.05) is 0 Å². The van der Waals surface area contributed by atoms with Crippen molar-refractivity contribution in [2.24, 2.45) is 0 Å². The van der Waals surface area contributed by atoms with E-state index in [2.05, 4.69) is 4.57 Å². The van der Waals surface area contributed by atoms with E-state index in [9.17, 15) is 18.3 Å². The first-order valence-electron chi connectivity index (χ1n) is 6.69. The molecule has 1 aromatic heterocycles. The molecule has 0 amide bonds. The fraction of sp³-hybridized carbons (Fsp3) is 0.250. The average molecular weight is 293 g/mol. The lowest BCUT2D eigenvalue weighted by atomic mass is 10.1. The fourth-order valence-corrected chi connectivity index (χ4v) is 2.77. The number of rotatable bonds is 2. The normalized spacial score (nSPS) is 14.0. The molecule has 1 atom stereocenters. The zero-order valence-electron chi connectivity index (χ0n) is 11.4. The van der Waals surface area contributed by atoms with E-state index < -0.39 is 12.3 Å². The van der Waals surface area contributed by atoms with E-state index in [0.717, 1.165) is 28.4 Å². The van der Waals surface area contributed by atoms with Crippen molar-refractivity contribution in [1.29, 1.82) is 0 Å². The summed E-state index contributed by atoms with van der Waals surface area (Å²) in [5.41, 5.74) is 1.72. The molecule has 0 aliphatic heterocycles.